The number of pyridine rings is 1. The van der Waals surface area contributed by atoms with Crippen molar-refractivity contribution in [2.75, 3.05) is 44.2 Å². The zero-order chi connectivity index (χ0) is 32.4. The van der Waals surface area contributed by atoms with Gasteiger partial charge in [-0.2, -0.15) is 5.10 Å². The second-order valence-corrected chi connectivity index (χ2v) is 13.5. The molecule has 2 fully saturated rings. The highest BCUT2D eigenvalue weighted by molar-refractivity contribution is 5.97. The smallest absolute Gasteiger partial charge is 0.264 e. The summed E-state index contributed by atoms with van der Waals surface area (Å²) in [5, 5.41) is 9.29. The van der Waals surface area contributed by atoms with E-state index in [4.69, 9.17) is 5.10 Å². The van der Waals surface area contributed by atoms with Crippen molar-refractivity contribution in [3.63, 3.8) is 0 Å². The number of carbonyl (C=O) groups is 2. The van der Waals surface area contributed by atoms with Gasteiger partial charge in [-0.25, -0.2) is 8.78 Å². The molecule has 12 heteroatoms. The Hall–Kier alpha value is -4.32. The first kappa shape index (κ1) is 30.0. The molecule has 2 saturated heterocycles. The number of aromatic nitrogens is 4. The molecular weight excluding hydrogens is 602 g/mol. The first-order valence-electron chi connectivity index (χ1n) is 16.8. The maximum absolute atomic E-state index is 14.9. The number of nitrogens with zero attached hydrogens (tertiary/aromatic N) is 7. The number of anilines is 2. The molecule has 0 saturated carbocycles. The number of amides is 2. The predicted molar refractivity (Wildman–Crippen MR) is 175 cm³/mol. The molecule has 47 heavy (non-hydrogen) atoms. The van der Waals surface area contributed by atoms with Gasteiger partial charge in [0, 0.05) is 112 Å². The SMILES string of the molecule is CC(=O)N1CCc2c(c(N3CCCc4cc(-c5cn(C)c6ccncc56)c(C(F)F)cc43)nn2C2CCN(C(=O)C3CNC3)CC2)C1. The lowest BCUT2D eigenvalue weighted by Gasteiger charge is -2.37. The average molecular weight is 643 g/mol. The number of fused-ring (bicyclic) bond motifs is 3. The van der Waals surface area contributed by atoms with E-state index in [1.807, 2.05) is 39.7 Å². The number of hydrogen-bond acceptors (Lipinski definition) is 6. The van der Waals surface area contributed by atoms with Crippen molar-refractivity contribution in [3.05, 3.63) is 59.2 Å². The van der Waals surface area contributed by atoms with E-state index < -0.39 is 6.43 Å². The zero-order valence-corrected chi connectivity index (χ0v) is 26.9. The summed E-state index contributed by atoms with van der Waals surface area (Å²) in [6.07, 6.45) is 6.64. The third-order valence-corrected chi connectivity index (χ3v) is 10.7. The van der Waals surface area contributed by atoms with Gasteiger partial charge in [0.15, 0.2) is 5.82 Å². The fraction of sp³-hybridized carbons (Fsp3) is 0.486. The van der Waals surface area contributed by atoms with Crippen LogP contribution in [0.1, 0.15) is 61.0 Å². The third-order valence-electron chi connectivity index (χ3n) is 10.7. The van der Waals surface area contributed by atoms with Gasteiger partial charge in [0.25, 0.3) is 6.43 Å². The number of rotatable bonds is 5. The maximum atomic E-state index is 14.9. The standard InChI is InChI=1S/C35H40F2N8O2/c1-21(46)43-13-8-31-29(20-43)34(40-45(31)24-6-11-42(12-7-24)35(47)23-16-39-17-23)44-10-3-4-22-14-25(26(33(36)37)15-32(22)44)28-19-41(2)30-5-9-38-18-27(28)30/h5,9,14-15,18-19,23-24,33,39H,3-4,6-8,10-13,16-17,20H2,1-2H3. The number of hydrogen-bond donors (Lipinski definition) is 1. The van der Waals surface area contributed by atoms with Crippen molar-refractivity contribution in [1.29, 1.82) is 0 Å². The molecule has 246 valence electrons. The van der Waals surface area contributed by atoms with Crippen molar-refractivity contribution >= 4 is 34.2 Å². The number of nitrogens with one attached hydrogen (secondary N) is 1. The van der Waals surface area contributed by atoms with Crippen molar-refractivity contribution < 1.29 is 18.4 Å². The van der Waals surface area contributed by atoms with Crippen LogP contribution < -0.4 is 10.2 Å². The van der Waals surface area contributed by atoms with E-state index in [9.17, 15) is 18.4 Å². The van der Waals surface area contributed by atoms with Crippen LogP contribution in [0.4, 0.5) is 20.3 Å². The molecule has 10 nitrogen and oxygen atoms in total. The Morgan fingerprint density at radius 3 is 2.55 bits per heavy atom. The second kappa shape index (κ2) is 11.7. The van der Waals surface area contributed by atoms with Crippen LogP contribution in [0, 0.1) is 5.92 Å². The van der Waals surface area contributed by atoms with E-state index in [1.165, 1.54) is 0 Å². The van der Waals surface area contributed by atoms with E-state index in [1.54, 1.807) is 25.4 Å². The largest absolute Gasteiger partial charge is 0.350 e. The van der Waals surface area contributed by atoms with Gasteiger partial charge in [0.2, 0.25) is 11.8 Å². The Balaban J connectivity index is 1.18. The van der Waals surface area contributed by atoms with Gasteiger partial charge in [-0.15, -0.1) is 0 Å². The lowest BCUT2D eigenvalue weighted by molar-refractivity contribution is -0.138. The average Bonchev–Trinajstić information content (AvgIpc) is 3.60. The van der Waals surface area contributed by atoms with Crippen molar-refractivity contribution in [2.45, 2.75) is 58.0 Å². The Labute approximate surface area is 272 Å². The van der Waals surface area contributed by atoms with Gasteiger partial charge in [-0.3, -0.25) is 19.3 Å². The van der Waals surface area contributed by atoms with Crippen LogP contribution in [-0.4, -0.2) is 80.2 Å². The minimum atomic E-state index is -2.67. The molecule has 2 amide bonds. The van der Waals surface area contributed by atoms with Crippen LogP contribution in [0.3, 0.4) is 0 Å². The van der Waals surface area contributed by atoms with Crippen LogP contribution in [0.15, 0.2) is 36.8 Å². The summed E-state index contributed by atoms with van der Waals surface area (Å²) >= 11 is 0. The Bertz CT molecular complexity index is 1870. The molecule has 0 unspecified atom stereocenters. The van der Waals surface area contributed by atoms with Crippen LogP contribution in [-0.2, 0) is 36.0 Å². The molecule has 4 aromatic rings. The van der Waals surface area contributed by atoms with Gasteiger partial charge in [0.05, 0.1) is 24.0 Å². The number of aryl methyl sites for hydroxylation is 2. The van der Waals surface area contributed by atoms with Crippen LogP contribution in [0.25, 0.3) is 22.0 Å². The second-order valence-electron chi connectivity index (χ2n) is 13.5. The van der Waals surface area contributed by atoms with E-state index in [0.717, 1.165) is 83.6 Å². The van der Waals surface area contributed by atoms with Crippen LogP contribution >= 0.6 is 0 Å². The van der Waals surface area contributed by atoms with E-state index in [2.05, 4.69) is 19.9 Å². The zero-order valence-electron chi connectivity index (χ0n) is 26.9. The third kappa shape index (κ3) is 5.08. The molecule has 3 aromatic heterocycles. The van der Waals surface area contributed by atoms with Crippen molar-refractivity contribution in [2.24, 2.45) is 13.0 Å². The van der Waals surface area contributed by atoms with E-state index in [-0.39, 0.29) is 29.3 Å². The topological polar surface area (TPSA) is 91.5 Å². The number of benzene rings is 1. The number of carbonyl (C=O) groups excluding carboxylic acids is 2. The van der Waals surface area contributed by atoms with Gasteiger partial charge < -0.3 is 24.6 Å². The van der Waals surface area contributed by atoms with Gasteiger partial charge >= 0.3 is 0 Å². The molecule has 1 N–H and O–H groups in total. The highest BCUT2D eigenvalue weighted by Crippen LogP contribution is 2.45. The summed E-state index contributed by atoms with van der Waals surface area (Å²) in [6.45, 7) is 6.21. The van der Waals surface area contributed by atoms with Gasteiger partial charge in [0.1, 0.15) is 0 Å². The number of halogens is 2. The summed E-state index contributed by atoms with van der Waals surface area (Å²) in [6, 6.07) is 5.65. The number of alkyl halides is 2. The first-order chi connectivity index (χ1) is 22.8. The monoisotopic (exact) mass is 642 g/mol. The summed E-state index contributed by atoms with van der Waals surface area (Å²) in [5.41, 5.74) is 6.11. The lowest BCUT2D eigenvalue weighted by atomic mass is 9.91. The highest BCUT2D eigenvalue weighted by Gasteiger charge is 2.36. The summed E-state index contributed by atoms with van der Waals surface area (Å²) in [5.74, 6) is 1.10. The summed E-state index contributed by atoms with van der Waals surface area (Å²) in [7, 11) is 1.92. The van der Waals surface area contributed by atoms with Crippen molar-refractivity contribution in [3.8, 4) is 11.1 Å². The maximum Gasteiger partial charge on any atom is 0.264 e. The quantitative estimate of drug-likeness (QED) is 0.338. The van der Waals surface area contributed by atoms with Crippen LogP contribution in [0.5, 0.6) is 0 Å². The number of piperidine rings is 1. The van der Waals surface area contributed by atoms with Crippen LogP contribution in [0.2, 0.25) is 0 Å². The molecule has 0 bridgehead atoms. The molecule has 4 aliphatic heterocycles. The first-order valence-corrected chi connectivity index (χ1v) is 16.8. The highest BCUT2D eigenvalue weighted by atomic mass is 19.3. The number of likely N-dealkylation sites (tertiary alicyclic amines) is 1. The normalized spacial score (nSPS) is 18.9. The minimum Gasteiger partial charge on any atom is -0.350 e. The molecule has 0 spiro atoms. The van der Waals surface area contributed by atoms with E-state index >= 15 is 0 Å². The fourth-order valence-electron chi connectivity index (χ4n) is 8.00. The molecule has 0 radical (unpaired) electrons. The Morgan fingerprint density at radius 2 is 1.83 bits per heavy atom. The molecule has 7 heterocycles. The molecule has 4 aliphatic rings. The Kier molecular flexibility index (Phi) is 7.50. The van der Waals surface area contributed by atoms with Gasteiger partial charge in [-0.1, -0.05) is 0 Å². The fourth-order valence-corrected chi connectivity index (χ4v) is 8.00. The minimum absolute atomic E-state index is 0.00984. The predicted octanol–water partition coefficient (Wildman–Crippen LogP) is 4.75. The Morgan fingerprint density at radius 1 is 1.02 bits per heavy atom. The lowest BCUT2D eigenvalue weighted by Crippen LogP contribution is -2.53. The molecule has 1 aromatic carbocycles. The molecule has 0 atom stereocenters. The van der Waals surface area contributed by atoms with Crippen molar-refractivity contribution in [1.82, 2.24) is 34.4 Å². The molecular formula is C35H40F2N8O2. The van der Waals surface area contributed by atoms with E-state index in [0.29, 0.717) is 44.7 Å². The molecule has 8 rings (SSSR count). The summed E-state index contributed by atoms with van der Waals surface area (Å²) < 4.78 is 33.9. The summed E-state index contributed by atoms with van der Waals surface area (Å²) in [4.78, 5) is 35.7. The van der Waals surface area contributed by atoms with Gasteiger partial charge in [-0.05, 0) is 55.0 Å². The molecule has 0 aliphatic carbocycles.